The second-order valence-electron chi connectivity index (χ2n) is 3.33. The van der Waals surface area contributed by atoms with Crippen LogP contribution in [0.25, 0.3) is 11.4 Å². The van der Waals surface area contributed by atoms with E-state index in [9.17, 15) is 4.79 Å². The first kappa shape index (κ1) is 11.0. The minimum atomic E-state index is -0.137. The molecule has 82 valence electrons. The van der Waals surface area contributed by atoms with Gasteiger partial charge in [0.15, 0.2) is 0 Å². The van der Waals surface area contributed by atoms with E-state index in [0.29, 0.717) is 5.82 Å². The molecule has 4 nitrogen and oxygen atoms in total. The van der Waals surface area contributed by atoms with Crippen molar-refractivity contribution in [2.75, 3.05) is 0 Å². The maximum Gasteiger partial charge on any atom is 0.251 e. The molecule has 2 aromatic rings. The number of H-pyrrole nitrogens is 1. The van der Waals surface area contributed by atoms with Gasteiger partial charge in [0.1, 0.15) is 5.82 Å². The van der Waals surface area contributed by atoms with Crippen molar-refractivity contribution >= 4 is 15.9 Å². The molecule has 0 aliphatic carbocycles. The molecule has 0 fully saturated rings. The van der Waals surface area contributed by atoms with Gasteiger partial charge in [-0.2, -0.15) is 0 Å². The zero-order valence-corrected chi connectivity index (χ0v) is 10.3. The Morgan fingerprint density at radius 1 is 1.38 bits per heavy atom. The fourth-order valence-corrected chi connectivity index (χ4v) is 1.73. The first-order valence-electron chi connectivity index (χ1n) is 4.90. The van der Waals surface area contributed by atoms with Crippen molar-refractivity contribution in [2.24, 2.45) is 0 Å². The largest absolute Gasteiger partial charge is 0.306 e. The molecule has 5 heteroatoms. The van der Waals surface area contributed by atoms with E-state index >= 15 is 0 Å². The lowest BCUT2D eigenvalue weighted by molar-refractivity contribution is 0.985. The Bertz CT molecular complexity index is 565. The van der Waals surface area contributed by atoms with Gasteiger partial charge in [-0.3, -0.25) is 9.78 Å². The van der Waals surface area contributed by atoms with Crippen LogP contribution in [0.15, 0.2) is 33.8 Å². The van der Waals surface area contributed by atoms with Gasteiger partial charge in [0, 0.05) is 34.2 Å². The molecule has 2 heterocycles. The molecule has 0 saturated carbocycles. The highest BCUT2D eigenvalue weighted by Crippen LogP contribution is 2.17. The summed E-state index contributed by atoms with van der Waals surface area (Å²) in [6.07, 6.45) is 4.09. The van der Waals surface area contributed by atoms with Crippen LogP contribution in [0.2, 0.25) is 0 Å². The maximum absolute atomic E-state index is 11.4. The highest BCUT2D eigenvalue weighted by atomic mass is 79.9. The lowest BCUT2D eigenvalue weighted by Crippen LogP contribution is -2.10. The van der Waals surface area contributed by atoms with Crippen LogP contribution in [0.1, 0.15) is 12.6 Å². The predicted octanol–water partition coefficient (Wildman–Crippen LogP) is 2.16. The molecule has 1 N–H and O–H groups in total. The third-order valence-electron chi connectivity index (χ3n) is 2.14. The van der Waals surface area contributed by atoms with Crippen LogP contribution < -0.4 is 5.56 Å². The minimum Gasteiger partial charge on any atom is -0.306 e. The Balaban J connectivity index is 2.55. The number of nitrogens with zero attached hydrogens (tertiary/aromatic N) is 2. The number of hydrogen-bond acceptors (Lipinski definition) is 3. The second kappa shape index (κ2) is 4.57. The summed E-state index contributed by atoms with van der Waals surface area (Å²) in [6.45, 7) is 1.96. The van der Waals surface area contributed by atoms with Gasteiger partial charge >= 0.3 is 0 Å². The quantitative estimate of drug-likeness (QED) is 0.917. The molecule has 2 rings (SSSR count). The molecule has 0 aliphatic heterocycles. The minimum absolute atomic E-state index is 0.137. The van der Waals surface area contributed by atoms with Crippen LogP contribution in [0, 0.1) is 0 Å². The van der Waals surface area contributed by atoms with E-state index in [1.165, 1.54) is 6.07 Å². The third-order valence-corrected chi connectivity index (χ3v) is 2.57. The van der Waals surface area contributed by atoms with E-state index in [0.717, 1.165) is 22.2 Å². The van der Waals surface area contributed by atoms with Gasteiger partial charge in [-0.1, -0.05) is 6.92 Å². The number of aryl methyl sites for hydroxylation is 1. The van der Waals surface area contributed by atoms with Gasteiger partial charge in [0.05, 0.1) is 0 Å². The molecule has 0 bridgehead atoms. The molecule has 0 unspecified atom stereocenters. The van der Waals surface area contributed by atoms with E-state index in [-0.39, 0.29) is 5.56 Å². The van der Waals surface area contributed by atoms with Crippen molar-refractivity contribution in [3.8, 4) is 11.4 Å². The van der Waals surface area contributed by atoms with Crippen LogP contribution in [-0.2, 0) is 6.42 Å². The first-order valence-corrected chi connectivity index (χ1v) is 5.69. The first-order chi connectivity index (χ1) is 7.69. The molecule has 2 aromatic heterocycles. The van der Waals surface area contributed by atoms with E-state index in [2.05, 4.69) is 30.9 Å². The number of rotatable bonds is 2. The Kier molecular flexibility index (Phi) is 3.14. The summed E-state index contributed by atoms with van der Waals surface area (Å²) < 4.78 is 0.856. The predicted molar refractivity (Wildman–Crippen MR) is 65.2 cm³/mol. The summed E-state index contributed by atoms with van der Waals surface area (Å²) in [4.78, 5) is 22.5. The molecule has 0 aromatic carbocycles. The van der Waals surface area contributed by atoms with E-state index in [1.807, 2.05) is 13.0 Å². The molecule has 0 aliphatic rings. The molecular formula is C11H10BrN3O. The highest BCUT2D eigenvalue weighted by molar-refractivity contribution is 9.10. The average molecular weight is 280 g/mol. The molecule has 0 spiro atoms. The maximum atomic E-state index is 11.4. The van der Waals surface area contributed by atoms with Crippen molar-refractivity contribution in [3.05, 3.63) is 45.0 Å². The van der Waals surface area contributed by atoms with Crippen molar-refractivity contribution in [1.82, 2.24) is 15.0 Å². The zero-order chi connectivity index (χ0) is 11.5. The number of halogens is 1. The fourth-order valence-electron chi connectivity index (χ4n) is 1.37. The molecule has 0 radical (unpaired) electrons. The van der Waals surface area contributed by atoms with Gasteiger partial charge in [0.2, 0.25) is 0 Å². The molecule has 0 atom stereocenters. The molecule has 16 heavy (non-hydrogen) atoms. The Labute approximate surface area is 101 Å². The van der Waals surface area contributed by atoms with E-state index < -0.39 is 0 Å². The van der Waals surface area contributed by atoms with Crippen molar-refractivity contribution < 1.29 is 0 Å². The monoisotopic (exact) mass is 279 g/mol. The van der Waals surface area contributed by atoms with Gasteiger partial charge in [-0.15, -0.1) is 0 Å². The molecular weight excluding hydrogens is 270 g/mol. The summed E-state index contributed by atoms with van der Waals surface area (Å²) in [5, 5.41) is 0. The van der Waals surface area contributed by atoms with Gasteiger partial charge in [0.25, 0.3) is 5.56 Å². The normalized spacial score (nSPS) is 10.4. The Morgan fingerprint density at radius 3 is 2.88 bits per heavy atom. The fraction of sp³-hybridized carbons (Fsp3) is 0.182. The summed E-state index contributed by atoms with van der Waals surface area (Å²) in [7, 11) is 0. The van der Waals surface area contributed by atoms with Crippen LogP contribution in [0.5, 0.6) is 0 Å². The molecule has 0 amide bonds. The van der Waals surface area contributed by atoms with Crippen molar-refractivity contribution in [2.45, 2.75) is 13.3 Å². The summed E-state index contributed by atoms with van der Waals surface area (Å²) in [5.41, 5.74) is 1.43. The van der Waals surface area contributed by atoms with E-state index in [4.69, 9.17) is 0 Å². The zero-order valence-electron chi connectivity index (χ0n) is 8.70. The molecule has 0 saturated heterocycles. The smallest absolute Gasteiger partial charge is 0.251 e. The van der Waals surface area contributed by atoms with Gasteiger partial charge in [-0.25, -0.2) is 4.98 Å². The highest BCUT2D eigenvalue weighted by Gasteiger charge is 2.03. The van der Waals surface area contributed by atoms with Crippen molar-refractivity contribution in [1.29, 1.82) is 0 Å². The van der Waals surface area contributed by atoms with Gasteiger partial charge < -0.3 is 4.98 Å². The lowest BCUT2D eigenvalue weighted by atomic mass is 10.2. The van der Waals surface area contributed by atoms with Crippen LogP contribution in [0.3, 0.4) is 0 Å². The average Bonchev–Trinajstić information content (AvgIpc) is 2.28. The van der Waals surface area contributed by atoms with Crippen molar-refractivity contribution in [3.63, 3.8) is 0 Å². The summed E-state index contributed by atoms with van der Waals surface area (Å²) >= 11 is 3.33. The standard InChI is InChI=1S/C11H10BrN3O/c1-2-9-4-10(16)15-11(14-9)7-3-8(12)6-13-5-7/h3-6H,2H2,1H3,(H,14,15,16). The number of hydrogen-bond donors (Lipinski definition) is 1. The lowest BCUT2D eigenvalue weighted by Gasteiger charge is -2.02. The van der Waals surface area contributed by atoms with Gasteiger partial charge in [-0.05, 0) is 28.4 Å². The second-order valence-corrected chi connectivity index (χ2v) is 4.25. The topological polar surface area (TPSA) is 58.6 Å². The summed E-state index contributed by atoms with van der Waals surface area (Å²) in [6, 6.07) is 3.37. The summed E-state index contributed by atoms with van der Waals surface area (Å²) in [5.74, 6) is 0.554. The Morgan fingerprint density at radius 2 is 2.19 bits per heavy atom. The van der Waals surface area contributed by atoms with Crippen LogP contribution >= 0.6 is 15.9 Å². The Hall–Kier alpha value is -1.49. The number of nitrogens with one attached hydrogen (secondary N) is 1. The SMILES string of the molecule is CCc1cc(=O)[nH]c(-c2cncc(Br)c2)n1. The number of aromatic nitrogens is 3. The van der Waals surface area contributed by atoms with E-state index in [1.54, 1.807) is 12.4 Å². The number of aromatic amines is 1. The third kappa shape index (κ3) is 2.36. The number of pyridine rings is 1. The van der Waals surface area contributed by atoms with Crippen LogP contribution in [-0.4, -0.2) is 15.0 Å². The van der Waals surface area contributed by atoms with Crippen LogP contribution in [0.4, 0.5) is 0 Å².